The van der Waals surface area contributed by atoms with Crippen LogP contribution < -0.4 is 10.6 Å². The number of anilines is 1. The summed E-state index contributed by atoms with van der Waals surface area (Å²) in [5.74, 6) is -3.85. The first-order valence-electron chi connectivity index (χ1n) is 10.9. The predicted molar refractivity (Wildman–Crippen MR) is 115 cm³/mol. The lowest BCUT2D eigenvalue weighted by atomic mass is 9.76. The molecule has 4 rings (SSSR count). The van der Waals surface area contributed by atoms with Crippen molar-refractivity contribution in [2.75, 3.05) is 24.5 Å². The van der Waals surface area contributed by atoms with Crippen molar-refractivity contribution in [2.24, 2.45) is 11.1 Å². The van der Waals surface area contributed by atoms with Crippen molar-refractivity contribution in [1.29, 1.82) is 5.26 Å². The first-order chi connectivity index (χ1) is 16.5. The third-order valence-corrected chi connectivity index (χ3v) is 6.89. The molecule has 1 atom stereocenters. The van der Waals surface area contributed by atoms with Gasteiger partial charge in [0.25, 0.3) is 5.91 Å². The summed E-state index contributed by atoms with van der Waals surface area (Å²) in [6.45, 7) is 0.692. The maximum atomic E-state index is 14.2. The molecule has 0 saturated carbocycles. The highest BCUT2D eigenvalue weighted by Gasteiger charge is 2.50. The van der Waals surface area contributed by atoms with E-state index in [1.54, 1.807) is 11.0 Å². The Bertz CT molecular complexity index is 1200. The Morgan fingerprint density at radius 2 is 1.71 bits per heavy atom. The van der Waals surface area contributed by atoms with E-state index >= 15 is 0 Å². The van der Waals surface area contributed by atoms with Crippen LogP contribution in [0, 0.1) is 28.4 Å². The van der Waals surface area contributed by atoms with Crippen molar-refractivity contribution >= 4 is 17.5 Å². The Balaban J connectivity index is 1.55. The number of nitrogens with zero attached hydrogens (tertiary/aromatic N) is 3. The van der Waals surface area contributed by atoms with Gasteiger partial charge in [-0.25, -0.2) is 8.78 Å². The standard InChI is InChI=1S/C24H21F5N4O2/c25-17-2-1-3-18(26)20(17)22(35)33-13-23(11-19(33)21(31)34)6-8-32(9-7-23)15-5-4-14(12-30)16(10-15)24(27,28)29/h1-5,10,19H,6-9,11,13H2,(H2,31,34). The van der Waals surface area contributed by atoms with E-state index in [1.807, 2.05) is 0 Å². The number of piperidine rings is 1. The van der Waals surface area contributed by atoms with Gasteiger partial charge in [0.1, 0.15) is 23.2 Å². The van der Waals surface area contributed by atoms with Gasteiger partial charge in [-0.1, -0.05) is 6.07 Å². The Labute approximate surface area is 197 Å². The molecule has 2 aliphatic rings. The van der Waals surface area contributed by atoms with Crippen LogP contribution in [0.4, 0.5) is 27.6 Å². The highest BCUT2D eigenvalue weighted by Crippen LogP contribution is 2.45. The van der Waals surface area contributed by atoms with E-state index in [0.29, 0.717) is 31.6 Å². The summed E-state index contributed by atoms with van der Waals surface area (Å²) in [7, 11) is 0. The average molecular weight is 492 g/mol. The highest BCUT2D eigenvalue weighted by molar-refractivity contribution is 5.98. The van der Waals surface area contributed by atoms with Gasteiger partial charge in [-0.3, -0.25) is 9.59 Å². The lowest BCUT2D eigenvalue weighted by Gasteiger charge is -2.40. The SMILES string of the molecule is N#Cc1ccc(N2CCC3(CC2)CC(C(N)=O)N(C(=O)c2c(F)cccc2F)C3)cc1C(F)(F)F. The van der Waals surface area contributed by atoms with E-state index in [4.69, 9.17) is 11.0 Å². The van der Waals surface area contributed by atoms with Crippen molar-refractivity contribution in [3.8, 4) is 6.07 Å². The lowest BCUT2D eigenvalue weighted by molar-refractivity contribution is -0.137. The number of nitrogens with two attached hydrogens (primary N) is 1. The summed E-state index contributed by atoms with van der Waals surface area (Å²) in [6.07, 6.45) is -3.65. The largest absolute Gasteiger partial charge is 0.417 e. The van der Waals surface area contributed by atoms with E-state index in [0.717, 1.165) is 35.2 Å². The third kappa shape index (κ3) is 4.52. The molecule has 2 aromatic rings. The molecule has 1 spiro atoms. The van der Waals surface area contributed by atoms with E-state index in [1.165, 1.54) is 6.07 Å². The quantitative estimate of drug-likeness (QED) is 0.660. The van der Waals surface area contributed by atoms with Gasteiger partial charge >= 0.3 is 6.18 Å². The smallest absolute Gasteiger partial charge is 0.371 e. The molecule has 0 radical (unpaired) electrons. The molecular weight excluding hydrogens is 471 g/mol. The third-order valence-electron chi connectivity index (χ3n) is 6.89. The van der Waals surface area contributed by atoms with Gasteiger partial charge in [0.2, 0.25) is 5.91 Å². The predicted octanol–water partition coefficient (Wildman–Crippen LogP) is 3.84. The molecule has 6 nitrogen and oxygen atoms in total. The van der Waals surface area contributed by atoms with E-state index in [9.17, 15) is 31.5 Å². The summed E-state index contributed by atoms with van der Waals surface area (Å²) < 4.78 is 68.5. The minimum Gasteiger partial charge on any atom is -0.371 e. The van der Waals surface area contributed by atoms with Gasteiger partial charge in [-0.2, -0.15) is 18.4 Å². The number of halogens is 5. The second kappa shape index (κ2) is 8.83. The maximum absolute atomic E-state index is 14.2. The fraction of sp³-hybridized carbons (Fsp3) is 0.375. The van der Waals surface area contributed by atoms with Crippen LogP contribution in [0.3, 0.4) is 0 Å². The highest BCUT2D eigenvalue weighted by atomic mass is 19.4. The minimum atomic E-state index is -4.68. The van der Waals surface area contributed by atoms with Gasteiger partial charge in [0.05, 0.1) is 17.2 Å². The fourth-order valence-corrected chi connectivity index (χ4v) is 5.03. The van der Waals surface area contributed by atoms with Crippen LogP contribution in [0.15, 0.2) is 36.4 Å². The average Bonchev–Trinajstić information content (AvgIpc) is 3.18. The van der Waals surface area contributed by atoms with Crippen molar-refractivity contribution in [2.45, 2.75) is 31.5 Å². The van der Waals surface area contributed by atoms with Crippen molar-refractivity contribution in [3.63, 3.8) is 0 Å². The van der Waals surface area contributed by atoms with E-state index in [2.05, 4.69) is 0 Å². The molecule has 2 saturated heterocycles. The van der Waals surface area contributed by atoms with Crippen LogP contribution in [-0.4, -0.2) is 42.4 Å². The van der Waals surface area contributed by atoms with Gasteiger partial charge in [-0.15, -0.1) is 0 Å². The molecule has 184 valence electrons. The summed E-state index contributed by atoms with van der Waals surface area (Å²) in [5, 5.41) is 9.00. The van der Waals surface area contributed by atoms with Gasteiger partial charge in [-0.05, 0) is 55.0 Å². The molecule has 0 bridgehead atoms. The zero-order chi connectivity index (χ0) is 25.5. The molecule has 0 aliphatic carbocycles. The Morgan fingerprint density at radius 3 is 2.26 bits per heavy atom. The van der Waals surface area contributed by atoms with Gasteiger partial charge in [0, 0.05) is 25.3 Å². The number of carbonyl (C=O) groups excluding carboxylic acids is 2. The molecule has 0 aromatic heterocycles. The summed E-state index contributed by atoms with van der Waals surface area (Å²) in [6, 6.07) is 7.04. The number of carbonyl (C=O) groups is 2. The van der Waals surface area contributed by atoms with Crippen LogP contribution in [0.2, 0.25) is 0 Å². The van der Waals surface area contributed by atoms with Crippen molar-refractivity contribution in [1.82, 2.24) is 4.90 Å². The van der Waals surface area contributed by atoms with E-state index < -0.39 is 57.8 Å². The topological polar surface area (TPSA) is 90.4 Å². The molecule has 2 N–H and O–H groups in total. The van der Waals surface area contributed by atoms with Crippen LogP contribution >= 0.6 is 0 Å². The molecule has 2 fully saturated rings. The molecule has 2 amide bonds. The zero-order valence-corrected chi connectivity index (χ0v) is 18.4. The maximum Gasteiger partial charge on any atom is 0.417 e. The number of primary amides is 1. The number of nitriles is 1. The Morgan fingerprint density at radius 1 is 1.09 bits per heavy atom. The van der Waals surface area contributed by atoms with Crippen LogP contribution in [0.5, 0.6) is 0 Å². The first-order valence-corrected chi connectivity index (χ1v) is 10.9. The minimum absolute atomic E-state index is 0.0439. The zero-order valence-electron chi connectivity index (χ0n) is 18.4. The number of alkyl halides is 3. The van der Waals surface area contributed by atoms with Crippen molar-refractivity contribution in [3.05, 3.63) is 64.7 Å². The van der Waals surface area contributed by atoms with Crippen LogP contribution in [-0.2, 0) is 11.0 Å². The number of benzene rings is 2. The summed E-state index contributed by atoms with van der Waals surface area (Å²) in [5.41, 5.74) is 2.99. The molecule has 2 aromatic carbocycles. The molecule has 2 aliphatic heterocycles. The number of hydrogen-bond donors (Lipinski definition) is 1. The second-order valence-corrected chi connectivity index (χ2v) is 8.98. The fourth-order valence-electron chi connectivity index (χ4n) is 5.03. The van der Waals surface area contributed by atoms with Crippen LogP contribution in [0.1, 0.15) is 40.7 Å². The Kier molecular flexibility index (Phi) is 6.17. The van der Waals surface area contributed by atoms with Crippen molar-refractivity contribution < 1.29 is 31.5 Å². The van der Waals surface area contributed by atoms with E-state index in [-0.39, 0.29) is 13.0 Å². The second-order valence-electron chi connectivity index (χ2n) is 8.98. The Hall–Kier alpha value is -3.68. The van der Waals surface area contributed by atoms with Gasteiger partial charge in [0.15, 0.2) is 0 Å². The summed E-state index contributed by atoms with van der Waals surface area (Å²) >= 11 is 0. The molecule has 2 heterocycles. The normalized spacial score (nSPS) is 19.6. The first kappa shape index (κ1) is 24.4. The number of likely N-dealkylation sites (tertiary alicyclic amines) is 1. The van der Waals surface area contributed by atoms with Crippen LogP contribution in [0.25, 0.3) is 0 Å². The monoisotopic (exact) mass is 492 g/mol. The summed E-state index contributed by atoms with van der Waals surface area (Å²) in [4.78, 5) is 28.0. The van der Waals surface area contributed by atoms with Gasteiger partial charge < -0.3 is 15.5 Å². The molecular formula is C24H21F5N4O2. The number of amides is 2. The number of rotatable bonds is 3. The lowest BCUT2D eigenvalue weighted by Crippen LogP contribution is -2.45. The molecule has 1 unspecified atom stereocenters. The molecule has 11 heteroatoms. The number of hydrogen-bond acceptors (Lipinski definition) is 4. The molecule has 35 heavy (non-hydrogen) atoms.